The average Bonchev–Trinajstić information content (AvgIpc) is 2.93. The Kier molecular flexibility index (Phi) is 6.44. The number of nitrogens with two attached hydrogens (primary N) is 1. The van der Waals surface area contributed by atoms with Crippen molar-refractivity contribution in [3.63, 3.8) is 0 Å². The first-order valence-corrected chi connectivity index (χ1v) is 16.6. The van der Waals surface area contributed by atoms with Crippen LogP contribution in [0.4, 0.5) is 17.1 Å². The van der Waals surface area contributed by atoms with Gasteiger partial charge >= 0.3 is 10.1 Å². The third kappa shape index (κ3) is 4.48. The van der Waals surface area contributed by atoms with Crippen LogP contribution >= 0.6 is 23.2 Å². The van der Waals surface area contributed by atoms with Crippen molar-refractivity contribution in [2.75, 3.05) is 11.1 Å². The SMILES string of the molecule is N=c1c(S(=O)(=O)c2ccccc2)cc2nc3c(Cl)c4c(c(Cl)c3oc-2c1S(=O)(=O)O)Nc1ccc(N)c(S(=O)(=O)O)c1O4. The van der Waals surface area contributed by atoms with Crippen molar-refractivity contribution in [3.8, 4) is 23.0 Å². The lowest BCUT2D eigenvalue weighted by atomic mass is 10.1. The first-order chi connectivity index (χ1) is 20.0. The van der Waals surface area contributed by atoms with Crippen LogP contribution in [-0.2, 0) is 30.1 Å². The number of nitrogen functional groups attached to an aromatic ring is 1. The molecular weight excluding hydrogens is 671 g/mol. The lowest BCUT2D eigenvalue weighted by molar-refractivity contribution is 0.449. The molecule has 0 bridgehead atoms. The fraction of sp³-hybridized carbons (Fsp3) is 0. The van der Waals surface area contributed by atoms with Gasteiger partial charge in [0.2, 0.25) is 9.84 Å². The monoisotopic (exact) mass is 684 g/mol. The van der Waals surface area contributed by atoms with Crippen molar-refractivity contribution in [1.82, 2.24) is 4.98 Å². The van der Waals surface area contributed by atoms with Crippen LogP contribution in [0, 0.1) is 5.41 Å². The molecule has 0 fully saturated rings. The fourth-order valence-corrected chi connectivity index (χ4v) is 8.00. The maximum Gasteiger partial charge on any atom is 0.300 e. The second-order valence-corrected chi connectivity index (χ2v) is 14.4. The molecule has 0 amide bonds. The summed E-state index contributed by atoms with van der Waals surface area (Å²) in [6.45, 7) is 0. The van der Waals surface area contributed by atoms with E-state index in [0.29, 0.717) is 0 Å². The molecule has 0 spiro atoms. The van der Waals surface area contributed by atoms with Crippen LogP contribution in [0.25, 0.3) is 22.6 Å². The van der Waals surface area contributed by atoms with Gasteiger partial charge in [0, 0.05) is 0 Å². The Hall–Kier alpha value is -3.97. The molecule has 0 unspecified atom stereocenters. The summed E-state index contributed by atoms with van der Waals surface area (Å²) in [4.78, 5) is 1.19. The molecule has 2 aliphatic heterocycles. The van der Waals surface area contributed by atoms with Crippen molar-refractivity contribution in [2.24, 2.45) is 0 Å². The Morgan fingerprint density at radius 3 is 2.16 bits per heavy atom. The molecule has 3 aromatic carbocycles. The molecular formula is C24H14Cl2N4O10S3. The highest BCUT2D eigenvalue weighted by Gasteiger charge is 2.36. The summed E-state index contributed by atoms with van der Waals surface area (Å²) in [6, 6.07) is 10.2. The molecule has 0 radical (unpaired) electrons. The van der Waals surface area contributed by atoms with Gasteiger partial charge in [-0.2, -0.15) is 16.8 Å². The minimum absolute atomic E-state index is 0.0109. The van der Waals surface area contributed by atoms with Gasteiger partial charge in [0.05, 0.1) is 21.6 Å². The molecule has 222 valence electrons. The van der Waals surface area contributed by atoms with Gasteiger partial charge in [0.15, 0.2) is 32.6 Å². The van der Waals surface area contributed by atoms with E-state index in [9.17, 15) is 34.4 Å². The van der Waals surface area contributed by atoms with Crippen LogP contribution in [0.5, 0.6) is 11.5 Å². The van der Waals surface area contributed by atoms with E-state index in [2.05, 4.69) is 10.3 Å². The van der Waals surface area contributed by atoms with Crippen molar-refractivity contribution in [1.29, 1.82) is 5.41 Å². The number of hydrogen-bond donors (Lipinski definition) is 5. The Bertz CT molecular complexity index is 2420. The standard InChI is InChI=1S/C24H14Cl2N4O10S3/c25-14-17-21(39-19-11(29-17)7-6-10(27)23(19)42(33,34)35)15(26)18-22(14)40-20-12(30-18)8-13(16(28)24(20)43(36,37)38)41(31,32)9-4-2-1-3-5-9/h1-8,28-29H,27H2,(H,33,34,35)(H,36,37,38). The maximum atomic E-state index is 13.4. The highest BCUT2D eigenvalue weighted by molar-refractivity contribution is 7.91. The fourth-order valence-electron chi connectivity index (χ4n) is 4.51. The molecule has 3 aromatic rings. The van der Waals surface area contributed by atoms with Crippen molar-refractivity contribution in [3.05, 3.63) is 63.9 Å². The van der Waals surface area contributed by atoms with E-state index in [-0.39, 0.29) is 48.9 Å². The van der Waals surface area contributed by atoms with Gasteiger partial charge in [0.1, 0.15) is 31.8 Å². The summed E-state index contributed by atoms with van der Waals surface area (Å²) in [6.07, 6.45) is 0. The number of anilines is 3. The van der Waals surface area contributed by atoms with E-state index in [1.165, 1.54) is 36.4 Å². The van der Waals surface area contributed by atoms with Crippen molar-refractivity contribution < 1.29 is 43.5 Å². The molecule has 1 aliphatic carbocycles. The van der Waals surface area contributed by atoms with E-state index < -0.39 is 67.3 Å². The summed E-state index contributed by atoms with van der Waals surface area (Å²) in [5.74, 6) is -1.43. The number of ether oxygens (including phenoxy) is 1. The zero-order valence-corrected chi connectivity index (χ0v) is 24.7. The number of halogens is 2. The molecule has 0 atom stereocenters. The quantitative estimate of drug-likeness (QED) is 0.0978. The first-order valence-electron chi connectivity index (χ1n) is 11.5. The lowest BCUT2D eigenvalue weighted by Gasteiger charge is -2.26. The van der Waals surface area contributed by atoms with E-state index >= 15 is 0 Å². The highest BCUT2D eigenvalue weighted by atomic mass is 35.5. The molecule has 0 aromatic heterocycles. The number of benzene rings is 4. The molecule has 0 saturated carbocycles. The van der Waals surface area contributed by atoms with Crippen LogP contribution < -0.4 is 21.1 Å². The lowest BCUT2D eigenvalue weighted by Crippen LogP contribution is -2.24. The van der Waals surface area contributed by atoms with Gasteiger partial charge in [-0.1, -0.05) is 41.4 Å². The van der Waals surface area contributed by atoms with Gasteiger partial charge in [-0.3, -0.25) is 14.5 Å². The number of fused-ring (bicyclic) bond motifs is 4. The Morgan fingerprint density at radius 1 is 0.884 bits per heavy atom. The maximum absolute atomic E-state index is 13.4. The summed E-state index contributed by atoms with van der Waals surface area (Å²) in [7, 11) is -14.7. The third-order valence-electron chi connectivity index (χ3n) is 6.35. The number of rotatable bonds is 4. The van der Waals surface area contributed by atoms with Crippen molar-refractivity contribution in [2.45, 2.75) is 19.6 Å². The minimum atomic E-state index is -5.29. The van der Waals surface area contributed by atoms with E-state index in [0.717, 1.165) is 6.07 Å². The van der Waals surface area contributed by atoms with Crippen LogP contribution in [0.15, 0.2) is 72.5 Å². The van der Waals surface area contributed by atoms with Crippen molar-refractivity contribution >= 4 is 81.4 Å². The van der Waals surface area contributed by atoms with Gasteiger partial charge < -0.3 is 20.2 Å². The van der Waals surface area contributed by atoms with Crippen LogP contribution in [0.2, 0.25) is 10.0 Å². The van der Waals surface area contributed by atoms with Crippen LogP contribution in [0.1, 0.15) is 0 Å². The normalized spacial score (nSPS) is 13.3. The molecule has 19 heteroatoms. The summed E-state index contributed by atoms with van der Waals surface area (Å²) in [5, 5.41) is 9.46. The van der Waals surface area contributed by atoms with Crippen LogP contribution in [0.3, 0.4) is 0 Å². The topological polar surface area (TPSA) is 240 Å². The van der Waals surface area contributed by atoms with E-state index in [1.807, 2.05) is 0 Å². The second kappa shape index (κ2) is 9.52. The number of hydrogen-bond acceptors (Lipinski definition) is 12. The minimum Gasteiger partial charge on any atom is -0.450 e. The number of aromatic nitrogens is 1. The summed E-state index contributed by atoms with van der Waals surface area (Å²) in [5.41, 5.74) is 4.18. The van der Waals surface area contributed by atoms with Crippen LogP contribution in [-0.4, -0.2) is 39.3 Å². The highest BCUT2D eigenvalue weighted by Crippen LogP contribution is 2.55. The molecule has 6 N–H and O–H groups in total. The van der Waals surface area contributed by atoms with Gasteiger partial charge in [0.25, 0.3) is 10.1 Å². The predicted molar refractivity (Wildman–Crippen MR) is 152 cm³/mol. The largest absolute Gasteiger partial charge is 0.450 e. The zero-order chi connectivity index (χ0) is 31.2. The Morgan fingerprint density at radius 2 is 1.53 bits per heavy atom. The molecule has 43 heavy (non-hydrogen) atoms. The van der Waals surface area contributed by atoms with E-state index in [1.54, 1.807) is 6.07 Å². The summed E-state index contributed by atoms with van der Waals surface area (Å²) >= 11 is 13.1. The van der Waals surface area contributed by atoms with Gasteiger partial charge in [-0.25, -0.2) is 13.4 Å². The van der Waals surface area contributed by atoms with E-state index in [4.69, 9.17) is 43.5 Å². The Labute approximate surface area is 251 Å². The first kappa shape index (κ1) is 29.1. The smallest absolute Gasteiger partial charge is 0.300 e. The zero-order valence-electron chi connectivity index (χ0n) is 20.8. The molecule has 3 aliphatic rings. The third-order valence-corrected chi connectivity index (χ3v) is 10.7. The molecule has 2 heterocycles. The average molecular weight is 686 g/mol. The Balaban J connectivity index is 1.69. The molecule has 0 saturated heterocycles. The molecule has 6 rings (SSSR count). The number of nitrogens with one attached hydrogen (secondary N) is 2. The summed E-state index contributed by atoms with van der Waals surface area (Å²) < 4.78 is 107. The second-order valence-electron chi connectivity index (χ2n) is 9.01. The van der Waals surface area contributed by atoms with Gasteiger partial charge in [-0.05, 0) is 30.3 Å². The van der Waals surface area contributed by atoms with Gasteiger partial charge in [-0.15, -0.1) is 0 Å². The number of nitrogens with zero attached hydrogens (tertiary/aromatic N) is 1. The molecule has 14 nitrogen and oxygen atoms in total. The predicted octanol–water partition coefficient (Wildman–Crippen LogP) is 4.48. The number of sulfone groups is 1.